The largest absolute Gasteiger partial charge is 0.493 e. The van der Waals surface area contributed by atoms with Crippen molar-refractivity contribution in [1.82, 2.24) is 0 Å². The number of rotatable bonds is 8. The van der Waals surface area contributed by atoms with Gasteiger partial charge in [-0.05, 0) is 53.6 Å². The first kappa shape index (κ1) is 24.1. The van der Waals surface area contributed by atoms with Crippen molar-refractivity contribution in [2.45, 2.75) is 0 Å². The lowest BCUT2D eigenvalue weighted by atomic mass is 10.0. The van der Waals surface area contributed by atoms with Gasteiger partial charge in [-0.25, -0.2) is 9.18 Å². The van der Waals surface area contributed by atoms with Crippen LogP contribution in [-0.4, -0.2) is 27.3 Å². The topological polar surface area (TPSA) is 77.8 Å². The lowest BCUT2D eigenvalue weighted by Gasteiger charge is -2.09. The molecule has 0 radical (unpaired) electrons. The molecular formula is C27H22FNO5. The molecule has 3 aromatic rings. The van der Waals surface area contributed by atoms with Gasteiger partial charge < -0.3 is 18.9 Å². The fourth-order valence-electron chi connectivity index (χ4n) is 3.14. The third-order valence-electron chi connectivity index (χ3n) is 4.81. The number of hydrogen-bond donors (Lipinski definition) is 0. The zero-order chi connectivity index (χ0) is 24.5. The molecule has 0 heterocycles. The molecule has 0 bridgehead atoms. The molecule has 0 amide bonds. The normalized spacial score (nSPS) is 11.1. The van der Waals surface area contributed by atoms with Crippen LogP contribution >= 0.6 is 0 Å². The predicted molar refractivity (Wildman–Crippen MR) is 127 cm³/mol. The number of benzene rings is 3. The van der Waals surface area contributed by atoms with Gasteiger partial charge in [0.25, 0.3) is 0 Å². The molecule has 0 atom stereocenters. The molecule has 0 saturated heterocycles. The van der Waals surface area contributed by atoms with E-state index in [1.807, 2.05) is 6.07 Å². The Morgan fingerprint density at radius 1 is 0.853 bits per heavy atom. The average molecular weight is 459 g/mol. The first-order valence-corrected chi connectivity index (χ1v) is 10.2. The van der Waals surface area contributed by atoms with Crippen molar-refractivity contribution in [3.63, 3.8) is 0 Å². The van der Waals surface area contributed by atoms with Crippen molar-refractivity contribution in [1.29, 1.82) is 5.26 Å². The molecular weight excluding hydrogens is 437 g/mol. The number of hydrogen-bond acceptors (Lipinski definition) is 6. The zero-order valence-corrected chi connectivity index (χ0v) is 18.9. The summed E-state index contributed by atoms with van der Waals surface area (Å²) in [6.07, 6.45) is 4.39. The molecule has 3 aromatic carbocycles. The summed E-state index contributed by atoms with van der Waals surface area (Å²) in [5, 5.41) is 9.47. The summed E-state index contributed by atoms with van der Waals surface area (Å²) in [5.41, 5.74) is 1.65. The van der Waals surface area contributed by atoms with E-state index in [0.29, 0.717) is 17.1 Å². The van der Waals surface area contributed by atoms with E-state index >= 15 is 0 Å². The van der Waals surface area contributed by atoms with Crippen LogP contribution in [0.25, 0.3) is 17.7 Å². The summed E-state index contributed by atoms with van der Waals surface area (Å²) in [5.74, 6) is 0.499. The summed E-state index contributed by atoms with van der Waals surface area (Å²) in [4.78, 5) is 12.3. The standard InChI is InChI=1S/C27H22FNO5/c1-31-23-11-8-18(15-25(23)32-2)10-13-27(30)34-24-12-9-19(16-26(24)33-3)14-20(17-29)21-6-4-5-7-22(21)28/h4-16H,1-3H3/b13-10+,20-14-. The molecule has 0 saturated carbocycles. The molecule has 34 heavy (non-hydrogen) atoms. The highest BCUT2D eigenvalue weighted by Gasteiger charge is 2.11. The second-order valence-corrected chi connectivity index (χ2v) is 6.93. The Labute approximate surface area is 197 Å². The maximum Gasteiger partial charge on any atom is 0.336 e. The second-order valence-electron chi connectivity index (χ2n) is 6.93. The van der Waals surface area contributed by atoms with Crippen LogP contribution < -0.4 is 18.9 Å². The van der Waals surface area contributed by atoms with E-state index < -0.39 is 11.8 Å². The Bertz CT molecular complexity index is 1290. The second kappa shape index (κ2) is 11.3. The Morgan fingerprint density at radius 3 is 2.15 bits per heavy atom. The van der Waals surface area contributed by atoms with Gasteiger partial charge in [-0.3, -0.25) is 0 Å². The molecule has 0 unspecified atom stereocenters. The van der Waals surface area contributed by atoms with Gasteiger partial charge in [0.2, 0.25) is 0 Å². The highest BCUT2D eigenvalue weighted by atomic mass is 19.1. The molecule has 0 aliphatic rings. The van der Waals surface area contributed by atoms with Crippen molar-refractivity contribution >= 4 is 23.7 Å². The van der Waals surface area contributed by atoms with Crippen molar-refractivity contribution in [2.75, 3.05) is 21.3 Å². The quantitative estimate of drug-likeness (QED) is 0.145. The molecule has 0 spiro atoms. The van der Waals surface area contributed by atoms with Crippen LogP contribution in [0, 0.1) is 17.1 Å². The molecule has 0 aromatic heterocycles. The van der Waals surface area contributed by atoms with Crippen molar-refractivity contribution in [3.05, 3.63) is 89.2 Å². The third kappa shape index (κ3) is 5.81. The minimum atomic E-state index is -0.611. The van der Waals surface area contributed by atoms with E-state index in [2.05, 4.69) is 0 Å². The summed E-state index contributed by atoms with van der Waals surface area (Å²) >= 11 is 0. The first-order chi connectivity index (χ1) is 16.5. The van der Waals surface area contributed by atoms with Crippen LogP contribution in [0.3, 0.4) is 0 Å². The van der Waals surface area contributed by atoms with E-state index in [4.69, 9.17) is 18.9 Å². The molecule has 3 rings (SSSR count). The van der Waals surface area contributed by atoms with E-state index in [-0.39, 0.29) is 22.6 Å². The van der Waals surface area contributed by atoms with Gasteiger partial charge >= 0.3 is 5.97 Å². The Balaban J connectivity index is 1.78. The minimum Gasteiger partial charge on any atom is -0.493 e. The lowest BCUT2D eigenvalue weighted by molar-refractivity contribution is -0.129. The number of halogens is 1. The third-order valence-corrected chi connectivity index (χ3v) is 4.81. The zero-order valence-electron chi connectivity index (χ0n) is 18.9. The molecule has 7 heteroatoms. The maximum atomic E-state index is 14.1. The summed E-state index contributed by atoms with van der Waals surface area (Å²) < 4.78 is 35.2. The van der Waals surface area contributed by atoms with Gasteiger partial charge in [0, 0.05) is 11.6 Å². The number of carbonyl (C=O) groups excluding carboxylic acids is 1. The molecule has 172 valence electrons. The highest BCUT2D eigenvalue weighted by Crippen LogP contribution is 2.31. The number of ether oxygens (including phenoxy) is 4. The highest BCUT2D eigenvalue weighted by molar-refractivity contribution is 5.91. The number of esters is 1. The van der Waals surface area contributed by atoms with Gasteiger partial charge in [-0.2, -0.15) is 5.26 Å². The van der Waals surface area contributed by atoms with Crippen LogP contribution in [-0.2, 0) is 4.79 Å². The number of allylic oxidation sites excluding steroid dienone is 1. The van der Waals surface area contributed by atoms with Gasteiger partial charge in [-0.15, -0.1) is 0 Å². The SMILES string of the molecule is COc1ccc(/C=C/C(=O)Oc2ccc(/C=C(/C#N)c3ccccc3F)cc2OC)cc1OC. The van der Waals surface area contributed by atoms with Gasteiger partial charge in [-0.1, -0.05) is 30.3 Å². The van der Waals surface area contributed by atoms with Crippen LogP contribution in [0.15, 0.2) is 66.7 Å². The number of methoxy groups -OCH3 is 3. The number of nitriles is 1. The smallest absolute Gasteiger partial charge is 0.336 e. The van der Waals surface area contributed by atoms with Crippen LogP contribution in [0.4, 0.5) is 4.39 Å². The molecule has 6 nitrogen and oxygen atoms in total. The average Bonchev–Trinajstić information content (AvgIpc) is 2.87. The molecule has 0 fully saturated rings. The Morgan fingerprint density at radius 2 is 1.47 bits per heavy atom. The van der Waals surface area contributed by atoms with Gasteiger partial charge in [0.1, 0.15) is 5.82 Å². The molecule has 0 N–H and O–H groups in total. The fourth-order valence-corrected chi connectivity index (χ4v) is 3.14. The summed E-state index contributed by atoms with van der Waals surface area (Å²) in [7, 11) is 4.50. The van der Waals surface area contributed by atoms with Crippen molar-refractivity contribution < 1.29 is 28.1 Å². The molecule has 0 aliphatic heterocycles. The Hall–Kier alpha value is -4.57. The maximum absolute atomic E-state index is 14.1. The summed E-state index contributed by atoms with van der Waals surface area (Å²) in [6.45, 7) is 0. The van der Waals surface area contributed by atoms with Crippen LogP contribution in [0.2, 0.25) is 0 Å². The van der Waals surface area contributed by atoms with Gasteiger partial charge in [0.05, 0.1) is 33.0 Å². The van der Waals surface area contributed by atoms with Gasteiger partial charge in [0.15, 0.2) is 23.0 Å². The number of carbonyl (C=O) groups is 1. The monoisotopic (exact) mass is 459 g/mol. The van der Waals surface area contributed by atoms with Crippen LogP contribution in [0.1, 0.15) is 16.7 Å². The predicted octanol–water partition coefficient (Wildman–Crippen LogP) is 5.53. The Kier molecular flexibility index (Phi) is 8.03. The summed E-state index contributed by atoms with van der Waals surface area (Å²) in [6, 6.07) is 18.1. The first-order valence-electron chi connectivity index (χ1n) is 10.2. The minimum absolute atomic E-state index is 0.155. The van der Waals surface area contributed by atoms with Crippen molar-refractivity contribution in [2.24, 2.45) is 0 Å². The number of nitrogens with zero attached hydrogens (tertiary/aromatic N) is 1. The van der Waals surface area contributed by atoms with Crippen molar-refractivity contribution in [3.8, 4) is 29.1 Å². The molecule has 0 aliphatic carbocycles. The van der Waals surface area contributed by atoms with E-state index in [9.17, 15) is 14.4 Å². The fraction of sp³-hybridized carbons (Fsp3) is 0.111. The van der Waals surface area contributed by atoms with E-state index in [1.54, 1.807) is 61.7 Å². The lowest BCUT2D eigenvalue weighted by Crippen LogP contribution is -2.05. The van der Waals surface area contributed by atoms with Crippen LogP contribution in [0.5, 0.6) is 23.0 Å². The van der Waals surface area contributed by atoms with E-state index in [0.717, 1.165) is 5.56 Å². The van der Waals surface area contributed by atoms with E-state index in [1.165, 1.54) is 38.5 Å².